The largest absolute Gasteiger partial charge is 0.504 e. The summed E-state index contributed by atoms with van der Waals surface area (Å²) in [6.45, 7) is 1.38. The monoisotopic (exact) mass is 542 g/mol. The number of carbonyl (C=O) groups is 2. The van der Waals surface area contributed by atoms with Crippen molar-refractivity contribution < 1.29 is 43.9 Å². The van der Waals surface area contributed by atoms with Gasteiger partial charge in [0.05, 0.1) is 25.4 Å². The van der Waals surface area contributed by atoms with E-state index >= 15 is 0 Å². The molecule has 3 unspecified atom stereocenters. The van der Waals surface area contributed by atoms with Gasteiger partial charge in [-0.3, -0.25) is 4.79 Å². The molecule has 3 N–H and O–H groups in total. The number of aryl methyl sites for hydroxylation is 1. The Balaban J connectivity index is 1.48. The lowest BCUT2D eigenvalue weighted by atomic mass is 9.85. The van der Waals surface area contributed by atoms with E-state index in [-0.39, 0.29) is 47.3 Å². The molecule has 0 aromatic heterocycles. The molecule has 1 aliphatic heterocycles. The molecule has 212 valence electrons. The van der Waals surface area contributed by atoms with Crippen LogP contribution in [0.5, 0.6) is 28.7 Å². The molecule has 9 nitrogen and oxygen atoms in total. The summed E-state index contributed by atoms with van der Waals surface area (Å²) >= 11 is 0. The van der Waals surface area contributed by atoms with Gasteiger partial charge in [0.15, 0.2) is 23.0 Å². The standard InChI is InChI=1S/C30H38O9/c1-18(32)37-24-16-23(9-5-20-6-10-25(33)28(13-20)36-2)39-27(17-24)21-14-26(34)30(35)29(15-21)38-22-7-3-19(4-8-22)11-12-31/h6,10,12-15,19,22-24,27,33-35H,3-5,7-9,11,16-17H2,1-2H3. The zero-order chi connectivity index (χ0) is 27.9. The molecule has 1 saturated carbocycles. The SMILES string of the molecule is COc1cc(CCC2CC(OC(C)=O)CC(c3cc(O)c(O)c(OC4CCC(CC=O)CC4)c3)O2)ccc1O. The molecule has 1 heterocycles. The topological polar surface area (TPSA) is 132 Å². The Hall–Kier alpha value is -3.46. The molecular formula is C30H38O9. The number of ether oxygens (including phenoxy) is 4. The minimum atomic E-state index is -0.486. The molecule has 1 aliphatic carbocycles. The van der Waals surface area contributed by atoms with Crippen LogP contribution in [0.1, 0.15) is 75.5 Å². The molecule has 39 heavy (non-hydrogen) atoms. The summed E-state index contributed by atoms with van der Waals surface area (Å²) in [5, 5.41) is 30.9. The zero-order valence-electron chi connectivity index (χ0n) is 22.5. The maximum absolute atomic E-state index is 11.8. The van der Waals surface area contributed by atoms with Crippen molar-refractivity contribution in [2.24, 2.45) is 5.92 Å². The van der Waals surface area contributed by atoms with Crippen molar-refractivity contribution in [3.63, 3.8) is 0 Å². The summed E-state index contributed by atoms with van der Waals surface area (Å²) in [7, 11) is 1.50. The Morgan fingerprint density at radius 3 is 2.46 bits per heavy atom. The van der Waals surface area contributed by atoms with Crippen molar-refractivity contribution in [2.75, 3.05) is 7.11 Å². The summed E-state index contributed by atoms with van der Waals surface area (Å²) in [4.78, 5) is 22.6. The van der Waals surface area contributed by atoms with Crippen LogP contribution >= 0.6 is 0 Å². The molecule has 2 aromatic carbocycles. The normalized spacial score (nSPS) is 25.0. The van der Waals surface area contributed by atoms with Gasteiger partial charge in [-0.25, -0.2) is 0 Å². The molecule has 1 saturated heterocycles. The van der Waals surface area contributed by atoms with E-state index < -0.39 is 6.10 Å². The van der Waals surface area contributed by atoms with Gasteiger partial charge in [0.1, 0.15) is 12.4 Å². The summed E-state index contributed by atoms with van der Waals surface area (Å²) < 4.78 is 23.3. The Kier molecular flexibility index (Phi) is 9.56. The fourth-order valence-electron chi connectivity index (χ4n) is 5.60. The lowest BCUT2D eigenvalue weighted by Gasteiger charge is -2.35. The second-order valence-electron chi connectivity index (χ2n) is 10.5. The number of benzene rings is 2. The van der Waals surface area contributed by atoms with Crippen LogP contribution in [0, 0.1) is 5.92 Å². The number of carbonyl (C=O) groups excluding carboxylic acids is 2. The first-order valence-corrected chi connectivity index (χ1v) is 13.6. The molecular weight excluding hydrogens is 504 g/mol. The predicted molar refractivity (Wildman–Crippen MR) is 142 cm³/mol. The maximum atomic E-state index is 11.8. The quantitative estimate of drug-likeness (QED) is 0.212. The van der Waals surface area contributed by atoms with Gasteiger partial charge < -0.3 is 39.1 Å². The highest BCUT2D eigenvalue weighted by Crippen LogP contribution is 2.44. The van der Waals surface area contributed by atoms with Gasteiger partial charge in [-0.15, -0.1) is 0 Å². The first-order valence-electron chi connectivity index (χ1n) is 13.6. The van der Waals surface area contributed by atoms with Crippen molar-refractivity contribution in [2.45, 2.75) is 89.1 Å². The Morgan fingerprint density at radius 1 is 1.00 bits per heavy atom. The van der Waals surface area contributed by atoms with Crippen LogP contribution in [-0.2, 0) is 25.5 Å². The molecule has 9 heteroatoms. The van der Waals surface area contributed by atoms with Crippen molar-refractivity contribution in [3.8, 4) is 28.7 Å². The highest BCUT2D eigenvalue weighted by Gasteiger charge is 2.33. The Labute approximate surface area is 228 Å². The van der Waals surface area contributed by atoms with E-state index in [1.807, 2.05) is 6.07 Å². The second kappa shape index (κ2) is 13.1. The van der Waals surface area contributed by atoms with E-state index in [0.717, 1.165) is 37.5 Å². The number of methoxy groups -OCH3 is 1. The molecule has 2 aromatic rings. The van der Waals surface area contributed by atoms with Gasteiger partial charge in [-0.05, 0) is 79.8 Å². The summed E-state index contributed by atoms with van der Waals surface area (Å²) in [5.41, 5.74) is 1.60. The number of aldehydes is 1. The first-order chi connectivity index (χ1) is 18.7. The van der Waals surface area contributed by atoms with E-state index in [9.17, 15) is 24.9 Å². The number of phenols is 3. The molecule has 0 spiro atoms. The lowest BCUT2D eigenvalue weighted by Crippen LogP contribution is -2.34. The van der Waals surface area contributed by atoms with Gasteiger partial charge in [0.25, 0.3) is 0 Å². The van der Waals surface area contributed by atoms with Gasteiger partial charge >= 0.3 is 5.97 Å². The Morgan fingerprint density at radius 2 is 1.77 bits per heavy atom. The van der Waals surface area contributed by atoms with Gasteiger partial charge in [-0.1, -0.05) is 6.07 Å². The van der Waals surface area contributed by atoms with Crippen LogP contribution < -0.4 is 9.47 Å². The first kappa shape index (κ1) is 28.5. The Bertz CT molecular complexity index is 1140. The number of phenolic OH excluding ortho intramolecular Hbond substituents is 3. The van der Waals surface area contributed by atoms with Crippen LogP contribution in [0.4, 0.5) is 0 Å². The highest BCUT2D eigenvalue weighted by atomic mass is 16.6. The molecule has 4 rings (SSSR count). The van der Waals surface area contributed by atoms with E-state index in [1.165, 1.54) is 20.1 Å². The average Bonchev–Trinajstić information content (AvgIpc) is 2.91. The van der Waals surface area contributed by atoms with Crippen molar-refractivity contribution in [1.82, 2.24) is 0 Å². The second-order valence-corrected chi connectivity index (χ2v) is 10.5. The average molecular weight is 543 g/mol. The number of hydrogen-bond donors (Lipinski definition) is 3. The number of hydrogen-bond acceptors (Lipinski definition) is 9. The summed E-state index contributed by atoms with van der Waals surface area (Å²) in [5.74, 6) is 0.0349. The predicted octanol–water partition coefficient (Wildman–Crippen LogP) is 5.12. The zero-order valence-corrected chi connectivity index (χ0v) is 22.5. The fraction of sp³-hybridized carbons (Fsp3) is 0.533. The molecule has 3 atom stereocenters. The molecule has 0 amide bonds. The fourth-order valence-corrected chi connectivity index (χ4v) is 5.60. The van der Waals surface area contributed by atoms with Gasteiger partial charge in [0, 0.05) is 26.2 Å². The van der Waals surface area contributed by atoms with Gasteiger partial charge in [0.2, 0.25) is 5.75 Å². The van der Waals surface area contributed by atoms with Gasteiger partial charge in [-0.2, -0.15) is 0 Å². The highest BCUT2D eigenvalue weighted by molar-refractivity contribution is 5.66. The number of rotatable bonds is 10. The molecule has 2 aliphatic rings. The lowest BCUT2D eigenvalue weighted by molar-refractivity contribution is -0.160. The van der Waals surface area contributed by atoms with Crippen LogP contribution in [0.3, 0.4) is 0 Å². The van der Waals surface area contributed by atoms with E-state index in [1.54, 1.807) is 18.2 Å². The third kappa shape index (κ3) is 7.56. The molecule has 0 bridgehead atoms. The van der Waals surface area contributed by atoms with E-state index in [4.69, 9.17) is 18.9 Å². The van der Waals surface area contributed by atoms with Crippen LogP contribution in [0.25, 0.3) is 0 Å². The van der Waals surface area contributed by atoms with Crippen LogP contribution in [0.15, 0.2) is 30.3 Å². The third-order valence-electron chi connectivity index (χ3n) is 7.66. The molecule has 2 fully saturated rings. The van der Waals surface area contributed by atoms with Crippen LogP contribution in [0.2, 0.25) is 0 Å². The minimum Gasteiger partial charge on any atom is -0.504 e. The third-order valence-corrected chi connectivity index (χ3v) is 7.66. The summed E-state index contributed by atoms with van der Waals surface area (Å²) in [6, 6.07) is 8.36. The van der Waals surface area contributed by atoms with Crippen molar-refractivity contribution in [3.05, 3.63) is 41.5 Å². The van der Waals surface area contributed by atoms with Crippen molar-refractivity contribution in [1.29, 1.82) is 0 Å². The number of aromatic hydroxyl groups is 3. The molecule has 0 radical (unpaired) electrons. The smallest absolute Gasteiger partial charge is 0.302 e. The van der Waals surface area contributed by atoms with E-state index in [0.29, 0.717) is 49.3 Å². The maximum Gasteiger partial charge on any atom is 0.302 e. The minimum absolute atomic E-state index is 0.0734. The number of esters is 1. The van der Waals surface area contributed by atoms with Crippen LogP contribution in [-0.4, -0.2) is 53.0 Å². The van der Waals surface area contributed by atoms with E-state index in [2.05, 4.69) is 0 Å². The summed E-state index contributed by atoms with van der Waals surface area (Å²) in [6.07, 6.45) is 5.82. The van der Waals surface area contributed by atoms with Crippen molar-refractivity contribution >= 4 is 12.3 Å².